The van der Waals surface area contributed by atoms with Gasteiger partial charge in [-0.25, -0.2) is 0 Å². The van der Waals surface area contributed by atoms with E-state index in [0.717, 1.165) is 0 Å². The molecule has 2 nitrogen and oxygen atoms in total. The smallest absolute Gasteiger partial charge is 0.460 e. The number of phenolic OH excluding ortho intramolecular Hbond substituents is 1. The van der Waals surface area contributed by atoms with Crippen LogP contribution in [0.1, 0.15) is 15.9 Å². The largest absolute Gasteiger partial charge is 0.507 e. The number of alkyl halides is 13. The van der Waals surface area contributed by atoms with Gasteiger partial charge in [-0.3, -0.25) is 4.79 Å². The highest BCUT2D eigenvalue weighted by Gasteiger charge is 2.91. The van der Waals surface area contributed by atoms with Crippen molar-refractivity contribution < 1.29 is 67.0 Å². The molecule has 1 N–H and O–H groups in total. The van der Waals surface area contributed by atoms with E-state index in [4.69, 9.17) is 0 Å². The number of benzene rings is 1. The second-order valence-corrected chi connectivity index (χ2v) is 6.29. The molecule has 0 aromatic heterocycles. The molecule has 0 bridgehead atoms. The Bertz CT molecular complexity index is 801. The van der Waals surface area contributed by atoms with Gasteiger partial charge in [0.05, 0.1) is 11.1 Å². The Morgan fingerprint density at radius 2 is 1.14 bits per heavy atom. The van der Waals surface area contributed by atoms with Crippen LogP contribution < -0.4 is 0 Å². The maximum atomic E-state index is 14.0. The fourth-order valence-corrected chi connectivity index (χ4v) is 2.36. The number of aldehydes is 1. The van der Waals surface area contributed by atoms with Crippen LogP contribution in [0.15, 0.2) is 16.6 Å². The molecule has 0 heterocycles. The van der Waals surface area contributed by atoms with Crippen molar-refractivity contribution in [2.75, 3.05) is 0 Å². The Morgan fingerprint density at radius 1 is 0.724 bits per heavy atom. The SMILES string of the molecule is O=Cc1cc(Br)cc(C(F)(F)C(F)(F)C(F)(F)C(F)(F)C(F)(F)C(F)(F)F)c1O. The Labute approximate surface area is 159 Å². The summed E-state index contributed by atoms with van der Waals surface area (Å²) < 4.78 is 170. The quantitative estimate of drug-likeness (QED) is 0.361. The van der Waals surface area contributed by atoms with Gasteiger partial charge in [0.25, 0.3) is 0 Å². The second kappa shape index (κ2) is 6.91. The van der Waals surface area contributed by atoms with E-state index in [-0.39, 0.29) is 6.07 Å². The highest BCUT2D eigenvalue weighted by atomic mass is 79.9. The van der Waals surface area contributed by atoms with E-state index in [1.165, 1.54) is 0 Å². The first-order valence-corrected chi connectivity index (χ1v) is 7.34. The number of phenols is 1. The lowest BCUT2D eigenvalue weighted by Crippen LogP contribution is -2.69. The molecule has 0 saturated carbocycles. The number of hydrogen-bond donors (Lipinski definition) is 1. The lowest BCUT2D eigenvalue weighted by molar-refractivity contribution is -0.441. The van der Waals surface area contributed by atoms with Gasteiger partial charge in [0, 0.05) is 4.47 Å². The summed E-state index contributed by atoms with van der Waals surface area (Å²) in [4.78, 5) is 10.6. The van der Waals surface area contributed by atoms with Crippen LogP contribution in [0, 0.1) is 0 Å². The molecular formula is C13H4BrF13O2. The Morgan fingerprint density at radius 3 is 1.52 bits per heavy atom. The monoisotopic (exact) mass is 518 g/mol. The van der Waals surface area contributed by atoms with Gasteiger partial charge in [-0.15, -0.1) is 0 Å². The minimum absolute atomic E-state index is 0.258. The maximum Gasteiger partial charge on any atom is 0.460 e. The summed E-state index contributed by atoms with van der Waals surface area (Å²) in [7, 11) is 0. The van der Waals surface area contributed by atoms with Gasteiger partial charge in [-0.1, -0.05) is 15.9 Å². The standard InChI is InChI=1S/C13H4BrF13O2/c14-5-1-4(3-28)7(29)6(2-5)8(15,16)9(17,18)10(19,20)11(21,22)12(23,24)13(25,26)27/h1-3,29H. The van der Waals surface area contributed by atoms with Crippen molar-refractivity contribution in [2.45, 2.75) is 35.8 Å². The van der Waals surface area contributed by atoms with Crippen LogP contribution in [0.5, 0.6) is 5.75 Å². The van der Waals surface area contributed by atoms with Crippen molar-refractivity contribution in [1.82, 2.24) is 0 Å². The first-order valence-electron chi connectivity index (χ1n) is 6.55. The average Bonchev–Trinajstić information content (AvgIpc) is 2.54. The molecule has 1 rings (SSSR count). The van der Waals surface area contributed by atoms with Crippen molar-refractivity contribution in [2.24, 2.45) is 0 Å². The molecule has 0 radical (unpaired) electrons. The van der Waals surface area contributed by atoms with E-state index in [0.29, 0.717) is 6.07 Å². The lowest BCUT2D eigenvalue weighted by atomic mass is 9.89. The van der Waals surface area contributed by atoms with Crippen LogP contribution in [0.3, 0.4) is 0 Å². The minimum atomic E-state index is -8.06. The van der Waals surface area contributed by atoms with Crippen LogP contribution in [0.2, 0.25) is 0 Å². The van der Waals surface area contributed by atoms with Crippen LogP contribution >= 0.6 is 15.9 Å². The van der Waals surface area contributed by atoms with Crippen LogP contribution in [0.25, 0.3) is 0 Å². The van der Waals surface area contributed by atoms with Gasteiger partial charge >= 0.3 is 35.8 Å². The predicted octanol–water partition coefficient (Wildman–Crippen LogP) is 6.16. The van der Waals surface area contributed by atoms with Crippen LogP contribution in [-0.4, -0.2) is 41.3 Å². The van der Waals surface area contributed by atoms with Crippen LogP contribution in [-0.2, 0) is 5.92 Å². The lowest BCUT2D eigenvalue weighted by Gasteiger charge is -2.39. The number of hydrogen-bond acceptors (Lipinski definition) is 2. The molecule has 1 aromatic carbocycles. The Hall–Kier alpha value is -1.74. The molecule has 16 heteroatoms. The first kappa shape index (κ1) is 25.3. The third-order valence-electron chi connectivity index (χ3n) is 3.50. The molecule has 0 spiro atoms. The van der Waals surface area contributed by atoms with Crippen molar-refractivity contribution in [3.63, 3.8) is 0 Å². The summed E-state index contributed by atoms with van der Waals surface area (Å²) in [5, 5.41) is 9.34. The van der Waals surface area contributed by atoms with E-state index in [2.05, 4.69) is 15.9 Å². The topological polar surface area (TPSA) is 37.3 Å². The van der Waals surface area contributed by atoms with Crippen molar-refractivity contribution in [1.29, 1.82) is 0 Å². The molecule has 0 unspecified atom stereocenters. The van der Waals surface area contributed by atoms with E-state index < -0.39 is 63.4 Å². The summed E-state index contributed by atoms with van der Waals surface area (Å²) >= 11 is 2.34. The zero-order chi connectivity index (χ0) is 23.4. The molecule has 0 saturated heterocycles. The van der Waals surface area contributed by atoms with Gasteiger partial charge in [0.15, 0.2) is 6.29 Å². The van der Waals surface area contributed by atoms with Crippen LogP contribution in [0.4, 0.5) is 57.1 Å². The number of halogens is 14. The van der Waals surface area contributed by atoms with Gasteiger partial charge in [0.2, 0.25) is 0 Å². The third kappa shape index (κ3) is 3.42. The third-order valence-corrected chi connectivity index (χ3v) is 3.96. The molecule has 0 fully saturated rings. The zero-order valence-electron chi connectivity index (χ0n) is 12.9. The molecule has 166 valence electrons. The molecule has 0 aliphatic carbocycles. The second-order valence-electron chi connectivity index (χ2n) is 5.38. The number of carbonyl (C=O) groups excluding carboxylic acids is 1. The van der Waals surface area contributed by atoms with Gasteiger partial charge < -0.3 is 5.11 Å². The van der Waals surface area contributed by atoms with Crippen molar-refractivity contribution in [3.8, 4) is 5.75 Å². The number of rotatable bonds is 6. The number of carbonyl (C=O) groups is 1. The van der Waals surface area contributed by atoms with Gasteiger partial charge in [-0.05, 0) is 12.1 Å². The molecule has 1 aromatic rings. The average molecular weight is 519 g/mol. The first-order chi connectivity index (χ1) is 12.6. The summed E-state index contributed by atoms with van der Waals surface area (Å²) in [6, 6.07) is 0.233. The highest BCUT2D eigenvalue weighted by molar-refractivity contribution is 9.10. The fourth-order valence-electron chi connectivity index (χ4n) is 1.89. The summed E-state index contributed by atoms with van der Waals surface area (Å²) in [6.07, 6.45) is -7.98. The fraction of sp³-hybridized carbons (Fsp3) is 0.462. The Kier molecular flexibility index (Phi) is 6.02. The van der Waals surface area contributed by atoms with Gasteiger partial charge in [0.1, 0.15) is 5.75 Å². The normalized spacial score (nSPS) is 14.8. The summed E-state index contributed by atoms with van der Waals surface area (Å²) in [6.45, 7) is 0. The molecular weight excluding hydrogens is 515 g/mol. The predicted molar refractivity (Wildman–Crippen MR) is 70.9 cm³/mol. The molecule has 0 atom stereocenters. The van der Waals surface area contributed by atoms with E-state index in [9.17, 15) is 67.0 Å². The minimum Gasteiger partial charge on any atom is -0.507 e. The van der Waals surface area contributed by atoms with Crippen molar-refractivity contribution in [3.05, 3.63) is 27.7 Å². The molecule has 0 aliphatic rings. The molecule has 0 amide bonds. The highest BCUT2D eigenvalue weighted by Crippen LogP contribution is 2.62. The summed E-state index contributed by atoms with van der Waals surface area (Å²) in [5.74, 6) is -40.3. The Balaban J connectivity index is 3.76. The molecule has 29 heavy (non-hydrogen) atoms. The summed E-state index contributed by atoms with van der Waals surface area (Å²) in [5.41, 5.74) is -3.87. The number of aromatic hydroxyl groups is 1. The van der Waals surface area contributed by atoms with Gasteiger partial charge in [-0.2, -0.15) is 57.1 Å². The van der Waals surface area contributed by atoms with E-state index >= 15 is 0 Å². The van der Waals surface area contributed by atoms with Crippen molar-refractivity contribution >= 4 is 22.2 Å². The molecule has 0 aliphatic heterocycles. The van der Waals surface area contributed by atoms with E-state index in [1.807, 2.05) is 0 Å². The zero-order valence-corrected chi connectivity index (χ0v) is 14.5. The maximum absolute atomic E-state index is 14.0. The van der Waals surface area contributed by atoms with E-state index in [1.54, 1.807) is 0 Å².